The van der Waals surface area contributed by atoms with Crippen LogP contribution in [0.2, 0.25) is 0 Å². The third-order valence-corrected chi connectivity index (χ3v) is 3.99. The summed E-state index contributed by atoms with van der Waals surface area (Å²) in [4.78, 5) is 34.0. The van der Waals surface area contributed by atoms with E-state index in [9.17, 15) is 14.4 Å². The standard InChI is InChI=1S/C12H16N2O5S/c1-12(2,9(13)11(17)18)20-6-8(15)14-10(16)7-4-3-5-19-7/h3-5,9H,6,13H2,1-2H3,(H,17,18)(H,14,15,16)/t9-/m0/s1. The molecule has 20 heavy (non-hydrogen) atoms. The van der Waals surface area contributed by atoms with Crippen molar-refractivity contribution in [2.45, 2.75) is 24.6 Å². The highest BCUT2D eigenvalue weighted by Gasteiger charge is 2.33. The number of hydrogen-bond donors (Lipinski definition) is 3. The van der Waals surface area contributed by atoms with Gasteiger partial charge < -0.3 is 15.3 Å². The summed E-state index contributed by atoms with van der Waals surface area (Å²) in [6.45, 7) is 3.25. The highest BCUT2D eigenvalue weighted by molar-refractivity contribution is 8.01. The summed E-state index contributed by atoms with van der Waals surface area (Å²) in [7, 11) is 0. The van der Waals surface area contributed by atoms with E-state index in [1.807, 2.05) is 0 Å². The van der Waals surface area contributed by atoms with Gasteiger partial charge in [0.25, 0.3) is 5.91 Å². The second-order valence-corrected chi connectivity index (χ2v) is 6.19. The monoisotopic (exact) mass is 300 g/mol. The van der Waals surface area contributed by atoms with Crippen LogP contribution in [-0.4, -0.2) is 39.4 Å². The van der Waals surface area contributed by atoms with Crippen molar-refractivity contribution in [2.75, 3.05) is 5.75 Å². The van der Waals surface area contributed by atoms with Gasteiger partial charge in [0.1, 0.15) is 6.04 Å². The fourth-order valence-electron chi connectivity index (χ4n) is 1.27. The molecule has 0 aliphatic rings. The minimum Gasteiger partial charge on any atom is -0.480 e. The number of carbonyl (C=O) groups is 3. The number of imide groups is 1. The Labute approximate surface area is 119 Å². The lowest BCUT2D eigenvalue weighted by molar-refractivity contribution is -0.139. The van der Waals surface area contributed by atoms with Crippen LogP contribution in [0.1, 0.15) is 24.4 Å². The van der Waals surface area contributed by atoms with Gasteiger partial charge in [-0.2, -0.15) is 0 Å². The van der Waals surface area contributed by atoms with Gasteiger partial charge in [-0.25, -0.2) is 0 Å². The average molecular weight is 300 g/mol. The van der Waals surface area contributed by atoms with Crippen LogP contribution in [-0.2, 0) is 9.59 Å². The SMILES string of the molecule is CC(C)(SCC(=O)NC(=O)c1ccco1)[C@@H](N)C(=O)O. The van der Waals surface area contributed by atoms with Crippen molar-refractivity contribution in [2.24, 2.45) is 5.73 Å². The Hall–Kier alpha value is -1.80. The summed E-state index contributed by atoms with van der Waals surface area (Å²) in [6.07, 6.45) is 1.32. The smallest absolute Gasteiger partial charge is 0.321 e. The Morgan fingerprint density at radius 3 is 2.65 bits per heavy atom. The number of carboxylic acids is 1. The van der Waals surface area contributed by atoms with Gasteiger partial charge in [0.05, 0.1) is 12.0 Å². The highest BCUT2D eigenvalue weighted by Crippen LogP contribution is 2.27. The quantitative estimate of drug-likeness (QED) is 0.697. The summed E-state index contributed by atoms with van der Waals surface area (Å²) >= 11 is 1.06. The van der Waals surface area contributed by atoms with E-state index in [1.54, 1.807) is 13.8 Å². The number of carboxylic acid groups (broad SMARTS) is 1. The molecular formula is C12H16N2O5S. The topological polar surface area (TPSA) is 123 Å². The Bertz CT molecular complexity index is 498. The third kappa shape index (κ3) is 4.39. The number of amides is 2. The molecule has 0 aromatic carbocycles. The van der Waals surface area contributed by atoms with Crippen LogP contribution >= 0.6 is 11.8 Å². The van der Waals surface area contributed by atoms with E-state index in [4.69, 9.17) is 15.3 Å². The van der Waals surface area contributed by atoms with Gasteiger partial charge in [0.15, 0.2) is 5.76 Å². The molecule has 1 atom stereocenters. The van der Waals surface area contributed by atoms with Crippen molar-refractivity contribution in [3.05, 3.63) is 24.2 Å². The summed E-state index contributed by atoms with van der Waals surface area (Å²) < 4.78 is 4.01. The van der Waals surface area contributed by atoms with Crippen molar-refractivity contribution in [3.63, 3.8) is 0 Å². The Morgan fingerprint density at radius 2 is 2.15 bits per heavy atom. The second-order valence-electron chi connectivity index (χ2n) is 4.56. The zero-order valence-electron chi connectivity index (χ0n) is 11.1. The number of carbonyl (C=O) groups excluding carboxylic acids is 2. The lowest BCUT2D eigenvalue weighted by Gasteiger charge is -2.27. The van der Waals surface area contributed by atoms with E-state index >= 15 is 0 Å². The third-order valence-electron chi connectivity index (χ3n) is 2.59. The number of hydrogen-bond acceptors (Lipinski definition) is 6. The van der Waals surface area contributed by atoms with Gasteiger partial charge in [-0.3, -0.25) is 19.7 Å². The summed E-state index contributed by atoms with van der Waals surface area (Å²) in [5.74, 6) is -2.37. The number of furan rings is 1. The first-order valence-corrected chi connectivity index (χ1v) is 6.72. The van der Waals surface area contributed by atoms with E-state index in [0.717, 1.165) is 11.8 Å². The van der Waals surface area contributed by atoms with Crippen molar-refractivity contribution in [3.8, 4) is 0 Å². The molecule has 1 aromatic heterocycles. The number of nitrogens with one attached hydrogen (secondary N) is 1. The molecule has 0 bridgehead atoms. The van der Waals surface area contributed by atoms with Crippen LogP contribution in [0.3, 0.4) is 0 Å². The van der Waals surface area contributed by atoms with Crippen molar-refractivity contribution in [1.29, 1.82) is 0 Å². The van der Waals surface area contributed by atoms with E-state index in [0.29, 0.717) is 0 Å². The maximum absolute atomic E-state index is 11.6. The molecule has 8 heteroatoms. The number of rotatable bonds is 6. The van der Waals surface area contributed by atoms with Crippen molar-refractivity contribution in [1.82, 2.24) is 5.32 Å². The predicted molar refractivity (Wildman–Crippen MR) is 73.3 cm³/mol. The van der Waals surface area contributed by atoms with E-state index in [1.165, 1.54) is 18.4 Å². The molecule has 0 saturated heterocycles. The van der Waals surface area contributed by atoms with Crippen LogP contribution in [0, 0.1) is 0 Å². The first-order chi connectivity index (χ1) is 9.24. The minimum absolute atomic E-state index is 0.0323. The molecule has 1 rings (SSSR count). The van der Waals surface area contributed by atoms with Crippen molar-refractivity contribution < 1.29 is 23.9 Å². The second kappa shape index (κ2) is 6.58. The summed E-state index contributed by atoms with van der Waals surface area (Å²) in [6, 6.07) is 1.85. The average Bonchev–Trinajstić information content (AvgIpc) is 2.89. The summed E-state index contributed by atoms with van der Waals surface area (Å²) in [5.41, 5.74) is 5.52. The Kier molecular flexibility index (Phi) is 5.34. The molecule has 0 radical (unpaired) electrons. The molecule has 0 fully saturated rings. The fraction of sp³-hybridized carbons (Fsp3) is 0.417. The molecule has 2 amide bonds. The molecule has 110 valence electrons. The first-order valence-electron chi connectivity index (χ1n) is 5.74. The first kappa shape index (κ1) is 16.3. The van der Waals surface area contributed by atoms with Gasteiger partial charge in [0, 0.05) is 4.75 Å². The van der Waals surface area contributed by atoms with Gasteiger partial charge in [-0.15, -0.1) is 11.8 Å². The maximum atomic E-state index is 11.6. The molecule has 0 unspecified atom stereocenters. The molecule has 0 aliphatic heterocycles. The van der Waals surface area contributed by atoms with E-state index in [2.05, 4.69) is 5.32 Å². The molecule has 0 saturated carbocycles. The predicted octanol–water partition coefficient (Wildman–Crippen LogP) is 0.460. The van der Waals surface area contributed by atoms with Crippen LogP contribution in [0.5, 0.6) is 0 Å². The molecule has 1 heterocycles. The lowest BCUT2D eigenvalue weighted by atomic mass is 10.1. The number of thioether (sulfide) groups is 1. The van der Waals surface area contributed by atoms with Gasteiger partial charge in [0.2, 0.25) is 5.91 Å². The molecule has 0 aliphatic carbocycles. The zero-order valence-corrected chi connectivity index (χ0v) is 11.9. The van der Waals surface area contributed by atoms with Gasteiger partial charge in [-0.1, -0.05) is 0 Å². The summed E-state index contributed by atoms with van der Waals surface area (Å²) in [5, 5.41) is 11.0. The molecule has 1 aromatic rings. The van der Waals surface area contributed by atoms with Gasteiger partial charge in [-0.05, 0) is 26.0 Å². The number of nitrogens with two attached hydrogens (primary N) is 1. The number of aliphatic carboxylic acids is 1. The largest absolute Gasteiger partial charge is 0.480 e. The van der Waals surface area contributed by atoms with Crippen LogP contribution in [0.15, 0.2) is 22.8 Å². The zero-order chi connectivity index (χ0) is 15.3. The molecule has 0 spiro atoms. The molecule has 4 N–H and O–H groups in total. The van der Waals surface area contributed by atoms with E-state index in [-0.39, 0.29) is 11.5 Å². The van der Waals surface area contributed by atoms with Crippen molar-refractivity contribution >= 4 is 29.5 Å². The lowest BCUT2D eigenvalue weighted by Crippen LogP contribution is -2.47. The molecular weight excluding hydrogens is 284 g/mol. The Morgan fingerprint density at radius 1 is 1.50 bits per heavy atom. The van der Waals surface area contributed by atoms with Crippen LogP contribution in [0.4, 0.5) is 0 Å². The van der Waals surface area contributed by atoms with Gasteiger partial charge >= 0.3 is 5.97 Å². The highest BCUT2D eigenvalue weighted by atomic mass is 32.2. The minimum atomic E-state index is -1.14. The molecule has 7 nitrogen and oxygen atoms in total. The Balaban J connectivity index is 2.47. The normalized spacial score (nSPS) is 12.8. The maximum Gasteiger partial charge on any atom is 0.321 e. The van der Waals surface area contributed by atoms with Crippen LogP contribution < -0.4 is 11.1 Å². The van der Waals surface area contributed by atoms with E-state index < -0.39 is 28.6 Å². The van der Waals surface area contributed by atoms with Crippen LogP contribution in [0.25, 0.3) is 0 Å². The fourth-order valence-corrected chi connectivity index (χ4v) is 2.13.